The predicted molar refractivity (Wildman–Crippen MR) is 108 cm³/mol. The lowest BCUT2D eigenvalue weighted by atomic mass is 9.97. The van der Waals surface area contributed by atoms with E-state index in [2.05, 4.69) is 16.1 Å². The number of aliphatic imine (C=N–C) groups is 2. The fourth-order valence-corrected chi connectivity index (χ4v) is 3.32. The van der Waals surface area contributed by atoms with E-state index in [-0.39, 0.29) is 5.92 Å². The summed E-state index contributed by atoms with van der Waals surface area (Å²) in [6.45, 7) is 0.374. The highest BCUT2D eigenvalue weighted by atomic mass is 19.4. The van der Waals surface area contributed by atoms with Crippen LogP contribution in [0.3, 0.4) is 0 Å². The number of halogens is 3. The Morgan fingerprint density at radius 3 is 2.48 bits per heavy atom. The molecule has 1 unspecified atom stereocenters. The van der Waals surface area contributed by atoms with Crippen LogP contribution in [0.2, 0.25) is 0 Å². The van der Waals surface area contributed by atoms with E-state index >= 15 is 0 Å². The minimum Gasteiger partial charge on any atom is -0.487 e. The van der Waals surface area contributed by atoms with Crippen molar-refractivity contribution >= 4 is 17.6 Å². The van der Waals surface area contributed by atoms with Gasteiger partial charge in [0.05, 0.1) is 11.3 Å². The Morgan fingerprint density at radius 2 is 1.76 bits per heavy atom. The van der Waals surface area contributed by atoms with Crippen molar-refractivity contribution in [3.05, 3.63) is 83.6 Å². The number of fused-ring (bicyclic) bond motifs is 1. The third kappa shape index (κ3) is 4.65. The number of nitrogens with zero attached hydrogens (tertiary/aromatic N) is 2. The van der Waals surface area contributed by atoms with Gasteiger partial charge in [-0.3, -0.25) is 0 Å². The highest BCUT2D eigenvalue weighted by molar-refractivity contribution is 6.14. The Hall–Kier alpha value is -3.15. The van der Waals surface area contributed by atoms with Crippen molar-refractivity contribution in [2.75, 3.05) is 6.61 Å². The molecule has 0 fully saturated rings. The standard InChI is InChI=1S/C23H19F3N2O/c24-23(25,26)19-11-9-16(10-12-19)18-6-4-5-17-13-20(28-22(17)27-14-18)15-29-21-7-2-1-3-8-21/h1-3,6-14,17H,4-5,15H2. The monoisotopic (exact) mass is 396 g/mol. The molecule has 29 heavy (non-hydrogen) atoms. The smallest absolute Gasteiger partial charge is 0.416 e. The van der Waals surface area contributed by atoms with Crippen LogP contribution in [0.15, 0.2) is 82.4 Å². The first-order valence-corrected chi connectivity index (χ1v) is 9.38. The summed E-state index contributed by atoms with van der Waals surface area (Å²) in [5, 5.41) is 0. The summed E-state index contributed by atoms with van der Waals surface area (Å²) in [6.07, 6.45) is 3.06. The molecule has 1 atom stereocenters. The predicted octanol–water partition coefficient (Wildman–Crippen LogP) is 5.94. The lowest BCUT2D eigenvalue weighted by Gasteiger charge is -2.12. The van der Waals surface area contributed by atoms with E-state index in [9.17, 15) is 13.2 Å². The fraction of sp³-hybridized carbons (Fsp3) is 0.217. The van der Waals surface area contributed by atoms with Gasteiger partial charge in [-0.2, -0.15) is 13.2 Å². The van der Waals surface area contributed by atoms with Gasteiger partial charge < -0.3 is 4.74 Å². The molecule has 2 aromatic rings. The zero-order valence-corrected chi connectivity index (χ0v) is 15.6. The maximum Gasteiger partial charge on any atom is 0.416 e. The zero-order chi connectivity index (χ0) is 20.3. The first kappa shape index (κ1) is 19.2. The van der Waals surface area contributed by atoms with Crippen molar-refractivity contribution < 1.29 is 17.9 Å². The van der Waals surface area contributed by atoms with E-state index in [1.54, 1.807) is 6.21 Å². The average Bonchev–Trinajstić information content (AvgIpc) is 3.08. The zero-order valence-electron chi connectivity index (χ0n) is 15.6. The van der Waals surface area contributed by atoms with Gasteiger partial charge in [-0.1, -0.05) is 36.4 Å². The maximum absolute atomic E-state index is 12.8. The van der Waals surface area contributed by atoms with Gasteiger partial charge in [0.1, 0.15) is 18.2 Å². The van der Waals surface area contributed by atoms with Gasteiger partial charge in [0.2, 0.25) is 0 Å². The summed E-state index contributed by atoms with van der Waals surface area (Å²) in [6, 6.07) is 14.7. The van der Waals surface area contributed by atoms with Crippen LogP contribution in [0.5, 0.6) is 5.75 Å². The van der Waals surface area contributed by atoms with Crippen molar-refractivity contribution in [3.8, 4) is 5.75 Å². The van der Waals surface area contributed by atoms with E-state index in [0.29, 0.717) is 18.0 Å². The lowest BCUT2D eigenvalue weighted by molar-refractivity contribution is -0.137. The Morgan fingerprint density at radius 1 is 1.00 bits per heavy atom. The number of allylic oxidation sites excluding steroid dienone is 2. The summed E-state index contributed by atoms with van der Waals surface area (Å²) in [5.41, 5.74) is 1.69. The quantitative estimate of drug-likeness (QED) is 0.629. The van der Waals surface area contributed by atoms with Crippen molar-refractivity contribution in [1.82, 2.24) is 0 Å². The van der Waals surface area contributed by atoms with Crippen molar-refractivity contribution in [3.63, 3.8) is 0 Å². The Labute approximate surface area is 167 Å². The molecule has 2 aromatic carbocycles. The van der Waals surface area contributed by atoms with Gasteiger partial charge in [0.25, 0.3) is 0 Å². The molecule has 2 aliphatic rings. The Kier molecular flexibility index (Phi) is 5.34. The molecule has 0 spiro atoms. The number of ether oxygens (including phenoxy) is 1. The molecule has 6 heteroatoms. The van der Waals surface area contributed by atoms with Crippen LogP contribution in [0.25, 0.3) is 5.57 Å². The number of rotatable bonds is 4. The van der Waals surface area contributed by atoms with Crippen molar-refractivity contribution in [1.29, 1.82) is 0 Å². The van der Waals surface area contributed by atoms with Gasteiger partial charge in [0, 0.05) is 12.1 Å². The molecular weight excluding hydrogens is 377 g/mol. The molecule has 2 aliphatic heterocycles. The van der Waals surface area contributed by atoms with E-state index in [0.717, 1.165) is 42.0 Å². The highest BCUT2D eigenvalue weighted by Crippen LogP contribution is 2.31. The second-order valence-electron chi connectivity index (χ2n) is 6.91. The van der Waals surface area contributed by atoms with E-state index < -0.39 is 11.7 Å². The van der Waals surface area contributed by atoms with Crippen LogP contribution in [0, 0.1) is 5.92 Å². The Balaban J connectivity index is 1.45. The largest absolute Gasteiger partial charge is 0.487 e. The third-order valence-electron chi connectivity index (χ3n) is 4.84. The Bertz CT molecular complexity index is 987. The van der Waals surface area contributed by atoms with Gasteiger partial charge >= 0.3 is 6.18 Å². The van der Waals surface area contributed by atoms with Crippen molar-refractivity contribution in [2.45, 2.75) is 19.0 Å². The van der Waals surface area contributed by atoms with Gasteiger partial charge in [-0.15, -0.1) is 0 Å². The van der Waals surface area contributed by atoms with E-state index in [1.165, 1.54) is 12.1 Å². The third-order valence-corrected chi connectivity index (χ3v) is 4.84. The summed E-state index contributed by atoms with van der Waals surface area (Å²) < 4.78 is 44.0. The molecule has 148 valence electrons. The first-order chi connectivity index (χ1) is 14.0. The minimum atomic E-state index is -4.34. The van der Waals surface area contributed by atoms with Crippen LogP contribution in [0.1, 0.15) is 24.0 Å². The highest BCUT2D eigenvalue weighted by Gasteiger charge is 2.30. The average molecular weight is 396 g/mol. The molecule has 0 bridgehead atoms. The van der Waals surface area contributed by atoms with E-state index in [1.807, 2.05) is 36.4 Å². The van der Waals surface area contributed by atoms with Crippen LogP contribution in [0.4, 0.5) is 13.2 Å². The second-order valence-corrected chi connectivity index (χ2v) is 6.91. The number of hydrogen-bond donors (Lipinski definition) is 0. The summed E-state index contributed by atoms with van der Waals surface area (Å²) in [4.78, 5) is 9.09. The number of amidine groups is 1. The fourth-order valence-electron chi connectivity index (χ4n) is 3.32. The summed E-state index contributed by atoms with van der Waals surface area (Å²) in [5.74, 6) is 1.63. The summed E-state index contributed by atoms with van der Waals surface area (Å²) in [7, 11) is 0. The number of hydrogen-bond acceptors (Lipinski definition) is 3. The molecule has 4 rings (SSSR count). The first-order valence-electron chi connectivity index (χ1n) is 9.38. The molecule has 0 N–H and O–H groups in total. The molecule has 0 radical (unpaired) electrons. The second kappa shape index (κ2) is 8.07. The van der Waals surface area contributed by atoms with Gasteiger partial charge in [-0.05, 0) is 54.3 Å². The molecule has 0 amide bonds. The van der Waals surface area contributed by atoms with Gasteiger partial charge in [0.15, 0.2) is 0 Å². The van der Waals surface area contributed by atoms with Gasteiger partial charge in [-0.25, -0.2) is 9.98 Å². The van der Waals surface area contributed by atoms with E-state index in [4.69, 9.17) is 4.74 Å². The molecule has 0 aromatic heterocycles. The molecule has 3 nitrogen and oxygen atoms in total. The van der Waals surface area contributed by atoms with Crippen LogP contribution in [-0.2, 0) is 6.18 Å². The molecule has 0 saturated carbocycles. The maximum atomic E-state index is 12.8. The topological polar surface area (TPSA) is 34.0 Å². The van der Waals surface area contributed by atoms with Crippen LogP contribution < -0.4 is 4.74 Å². The minimum absolute atomic E-state index is 0.131. The molecule has 0 aliphatic carbocycles. The lowest BCUT2D eigenvalue weighted by Crippen LogP contribution is -2.09. The van der Waals surface area contributed by atoms with Crippen molar-refractivity contribution in [2.24, 2.45) is 15.9 Å². The number of alkyl halides is 3. The molecule has 2 heterocycles. The summed E-state index contributed by atoms with van der Waals surface area (Å²) >= 11 is 0. The molecular formula is C23H19F3N2O. The molecule has 0 saturated heterocycles. The number of para-hydroxylation sites is 1. The van der Waals surface area contributed by atoms with Crippen LogP contribution >= 0.6 is 0 Å². The normalized spacial score (nSPS) is 18.9. The SMILES string of the molecule is FC(F)(F)c1ccc(C2=CCCC3C=C(COc4ccccc4)N=C3N=C2)cc1. The number of benzene rings is 2. The van der Waals surface area contributed by atoms with Crippen LogP contribution in [-0.4, -0.2) is 18.7 Å².